The van der Waals surface area contributed by atoms with Crippen molar-refractivity contribution >= 4 is 16.7 Å². The van der Waals surface area contributed by atoms with Crippen LogP contribution in [0.15, 0.2) is 43.1 Å². The Kier molecular flexibility index (Phi) is 3.84. The van der Waals surface area contributed by atoms with E-state index >= 15 is 0 Å². The molecular weight excluding hydrogens is 328 g/mol. The van der Waals surface area contributed by atoms with Gasteiger partial charge in [0, 0.05) is 25.7 Å². The Morgan fingerprint density at radius 1 is 1.12 bits per heavy atom. The van der Waals surface area contributed by atoms with Crippen LogP contribution in [-0.4, -0.2) is 34.9 Å². The lowest BCUT2D eigenvalue weighted by Gasteiger charge is -2.06. The molecule has 130 valence electrons. The van der Waals surface area contributed by atoms with Gasteiger partial charge in [-0.3, -0.25) is 9.78 Å². The Morgan fingerprint density at radius 2 is 1.96 bits per heavy atom. The van der Waals surface area contributed by atoms with Gasteiger partial charge in [0.2, 0.25) is 0 Å². The number of aryl methyl sites for hydroxylation is 2. The van der Waals surface area contributed by atoms with Gasteiger partial charge in [0.15, 0.2) is 5.78 Å². The molecule has 0 atom stereocenters. The van der Waals surface area contributed by atoms with E-state index in [2.05, 4.69) is 15.0 Å². The average molecular weight is 346 g/mol. The fourth-order valence-corrected chi connectivity index (χ4v) is 2.92. The molecule has 0 radical (unpaired) electrons. The topological polar surface area (TPSA) is 78.5 Å². The number of hydrogen-bond donors (Lipinski definition) is 0. The highest BCUT2D eigenvalue weighted by atomic mass is 16.1. The number of aromatic nitrogens is 6. The van der Waals surface area contributed by atoms with Crippen LogP contribution < -0.4 is 0 Å². The molecule has 0 aliphatic heterocycles. The molecule has 0 fully saturated rings. The summed E-state index contributed by atoms with van der Waals surface area (Å²) < 4.78 is 3.71. The molecule has 0 saturated carbocycles. The van der Waals surface area contributed by atoms with Crippen LogP contribution in [0.1, 0.15) is 22.0 Å². The summed E-state index contributed by atoms with van der Waals surface area (Å²) in [6, 6.07) is 5.80. The molecule has 4 rings (SSSR count). The SMILES string of the molecule is Cc1ncc(C(=O)Cc2cc3nc(-c4cncn4C)ccc3cn2)n1C. The molecule has 0 bridgehead atoms. The molecular formula is C19H18N6O. The first-order chi connectivity index (χ1) is 12.5. The predicted octanol–water partition coefficient (Wildman–Crippen LogP) is 2.50. The van der Waals surface area contributed by atoms with Gasteiger partial charge in [-0.25, -0.2) is 15.0 Å². The van der Waals surface area contributed by atoms with Crippen LogP contribution in [0.2, 0.25) is 0 Å². The van der Waals surface area contributed by atoms with Crippen LogP contribution >= 0.6 is 0 Å². The van der Waals surface area contributed by atoms with Gasteiger partial charge in [0.1, 0.15) is 11.5 Å². The summed E-state index contributed by atoms with van der Waals surface area (Å²) in [6.45, 7) is 1.87. The van der Waals surface area contributed by atoms with Crippen molar-refractivity contribution < 1.29 is 4.79 Å². The first-order valence-corrected chi connectivity index (χ1v) is 8.27. The number of carbonyl (C=O) groups is 1. The summed E-state index contributed by atoms with van der Waals surface area (Å²) in [7, 11) is 3.77. The van der Waals surface area contributed by atoms with Crippen molar-refractivity contribution in [2.75, 3.05) is 0 Å². The molecule has 0 aromatic carbocycles. The Labute approximate surface area is 150 Å². The smallest absolute Gasteiger partial charge is 0.186 e. The molecule has 0 aliphatic carbocycles. The second-order valence-corrected chi connectivity index (χ2v) is 6.30. The first kappa shape index (κ1) is 16.1. The Balaban J connectivity index is 1.67. The van der Waals surface area contributed by atoms with Gasteiger partial charge >= 0.3 is 0 Å². The minimum Gasteiger partial charge on any atom is -0.332 e. The molecule has 4 aromatic rings. The van der Waals surface area contributed by atoms with E-state index in [9.17, 15) is 4.79 Å². The number of ketones is 1. The Hall–Kier alpha value is -3.35. The maximum absolute atomic E-state index is 12.5. The Morgan fingerprint density at radius 3 is 2.65 bits per heavy atom. The van der Waals surface area contributed by atoms with Crippen molar-refractivity contribution in [3.63, 3.8) is 0 Å². The van der Waals surface area contributed by atoms with Crippen molar-refractivity contribution in [1.82, 2.24) is 29.1 Å². The highest BCUT2D eigenvalue weighted by Crippen LogP contribution is 2.20. The minimum atomic E-state index is -0.0114. The third-order valence-electron chi connectivity index (χ3n) is 4.56. The van der Waals surface area contributed by atoms with Crippen molar-refractivity contribution in [3.05, 3.63) is 60.3 Å². The molecule has 7 nitrogen and oxygen atoms in total. The van der Waals surface area contributed by atoms with E-state index in [4.69, 9.17) is 4.98 Å². The van der Waals surface area contributed by atoms with Gasteiger partial charge < -0.3 is 9.13 Å². The standard InChI is InChI=1S/C19H18N6O/c1-12-21-10-18(25(12)3)19(26)7-14-6-16-13(8-22-14)4-5-15(23-16)17-9-20-11-24(17)2/h4-6,8-11H,7H2,1-3H3. The van der Waals surface area contributed by atoms with E-state index in [1.54, 1.807) is 29.5 Å². The van der Waals surface area contributed by atoms with Crippen molar-refractivity contribution in [3.8, 4) is 11.4 Å². The average Bonchev–Trinajstić information content (AvgIpc) is 3.20. The lowest BCUT2D eigenvalue weighted by Crippen LogP contribution is -2.10. The summed E-state index contributed by atoms with van der Waals surface area (Å²) >= 11 is 0. The maximum Gasteiger partial charge on any atom is 0.186 e. The van der Waals surface area contributed by atoms with Crippen molar-refractivity contribution in [2.24, 2.45) is 14.1 Å². The molecule has 0 aliphatic rings. The number of hydrogen-bond acceptors (Lipinski definition) is 5. The molecule has 0 N–H and O–H groups in total. The van der Waals surface area contributed by atoms with Gasteiger partial charge in [0.25, 0.3) is 0 Å². The van der Waals surface area contributed by atoms with Crippen molar-refractivity contribution in [1.29, 1.82) is 0 Å². The number of rotatable bonds is 4. The van der Waals surface area contributed by atoms with Gasteiger partial charge in [-0.2, -0.15) is 0 Å². The molecule has 0 saturated heterocycles. The number of nitrogens with zero attached hydrogens (tertiary/aromatic N) is 6. The van der Waals surface area contributed by atoms with Crippen LogP contribution in [0.3, 0.4) is 0 Å². The number of carbonyl (C=O) groups excluding carboxylic acids is 1. The van der Waals surface area contributed by atoms with E-state index in [1.165, 1.54) is 0 Å². The molecule has 4 aromatic heterocycles. The number of Topliss-reactive ketones (excluding diaryl/α,β-unsaturated/α-hetero) is 1. The van der Waals surface area contributed by atoms with Crippen LogP contribution in [0.5, 0.6) is 0 Å². The first-order valence-electron chi connectivity index (χ1n) is 8.27. The van der Waals surface area contributed by atoms with Gasteiger partial charge in [0.05, 0.1) is 47.7 Å². The molecule has 7 heteroatoms. The van der Waals surface area contributed by atoms with Crippen LogP contribution in [0, 0.1) is 6.92 Å². The maximum atomic E-state index is 12.5. The zero-order valence-corrected chi connectivity index (χ0v) is 14.8. The minimum absolute atomic E-state index is 0.0114. The largest absolute Gasteiger partial charge is 0.332 e. The van der Waals surface area contributed by atoms with E-state index in [0.29, 0.717) is 11.4 Å². The van der Waals surface area contributed by atoms with Gasteiger partial charge in [-0.15, -0.1) is 0 Å². The monoisotopic (exact) mass is 346 g/mol. The van der Waals surface area contributed by atoms with Crippen molar-refractivity contribution in [2.45, 2.75) is 13.3 Å². The Bertz CT molecular complexity index is 1120. The summed E-state index contributed by atoms with van der Waals surface area (Å²) in [5, 5.41) is 0.934. The highest BCUT2D eigenvalue weighted by molar-refractivity contribution is 5.96. The number of pyridine rings is 2. The molecule has 0 spiro atoms. The van der Waals surface area contributed by atoms with E-state index < -0.39 is 0 Å². The summed E-state index contributed by atoms with van der Waals surface area (Å²) in [5.74, 6) is 0.796. The fourth-order valence-electron chi connectivity index (χ4n) is 2.92. The van der Waals surface area contributed by atoms with Gasteiger partial charge in [-0.1, -0.05) is 0 Å². The van der Waals surface area contributed by atoms with E-state index in [-0.39, 0.29) is 12.2 Å². The molecule has 0 amide bonds. The lowest BCUT2D eigenvalue weighted by molar-refractivity contribution is 0.0984. The van der Waals surface area contributed by atoms with Crippen LogP contribution in [0.4, 0.5) is 0 Å². The normalized spacial score (nSPS) is 11.2. The summed E-state index contributed by atoms with van der Waals surface area (Å²) in [5.41, 5.74) is 3.86. The van der Waals surface area contributed by atoms with Crippen LogP contribution in [-0.2, 0) is 20.5 Å². The lowest BCUT2D eigenvalue weighted by atomic mass is 10.1. The van der Waals surface area contributed by atoms with Gasteiger partial charge in [-0.05, 0) is 25.1 Å². The molecule has 26 heavy (non-hydrogen) atoms. The summed E-state index contributed by atoms with van der Waals surface area (Å²) in [6.07, 6.45) is 7.11. The quantitative estimate of drug-likeness (QED) is 0.531. The summed E-state index contributed by atoms with van der Waals surface area (Å²) in [4.78, 5) is 30.0. The third kappa shape index (κ3) is 2.77. The second-order valence-electron chi connectivity index (χ2n) is 6.30. The highest BCUT2D eigenvalue weighted by Gasteiger charge is 2.14. The second kappa shape index (κ2) is 6.18. The molecule has 0 unspecified atom stereocenters. The number of imidazole rings is 2. The zero-order valence-electron chi connectivity index (χ0n) is 14.8. The fraction of sp³-hybridized carbons (Fsp3) is 0.211. The number of fused-ring (bicyclic) bond motifs is 1. The van der Waals surface area contributed by atoms with E-state index in [1.807, 2.05) is 43.8 Å². The molecule has 4 heterocycles. The van der Waals surface area contributed by atoms with Crippen LogP contribution in [0.25, 0.3) is 22.3 Å². The van der Waals surface area contributed by atoms with E-state index in [0.717, 1.165) is 28.1 Å². The predicted molar refractivity (Wildman–Crippen MR) is 97.7 cm³/mol. The third-order valence-corrected chi connectivity index (χ3v) is 4.56. The zero-order chi connectivity index (χ0) is 18.3.